The molecular weight excluding hydrogens is 338 g/mol. The molecule has 2 N–H and O–H groups in total. The second kappa shape index (κ2) is 6.65. The third kappa shape index (κ3) is 3.07. The number of aromatic hydroxyl groups is 1. The lowest BCUT2D eigenvalue weighted by Crippen LogP contribution is -2.42. The lowest BCUT2D eigenvalue weighted by molar-refractivity contribution is -0.134. The Kier molecular flexibility index (Phi) is 4.56. The predicted molar refractivity (Wildman–Crippen MR) is 104 cm³/mol. The van der Waals surface area contributed by atoms with Gasteiger partial charge in [0.15, 0.2) is 0 Å². The van der Waals surface area contributed by atoms with Crippen LogP contribution in [0.4, 0.5) is 0 Å². The standard InChI is InChI=1S/C23H31NO3/c1-13(2)24-21(26)12-15-11-20-19-6-4-14-10-16(25)5-7-17(14)18(19)8-9-23(20,3)22(15)27/h5,7,10,13,15,18-20,25H,4,6,8-9,11-12H2,1-3H3,(H,24,26). The lowest BCUT2D eigenvalue weighted by atomic mass is 9.55. The summed E-state index contributed by atoms with van der Waals surface area (Å²) >= 11 is 0. The van der Waals surface area contributed by atoms with Crippen LogP contribution in [0.1, 0.15) is 69.9 Å². The second-order valence-electron chi connectivity index (χ2n) is 9.48. The van der Waals surface area contributed by atoms with Crippen molar-refractivity contribution in [2.75, 3.05) is 0 Å². The number of fused-ring (bicyclic) bond motifs is 5. The maximum absolute atomic E-state index is 13.2. The number of aryl methyl sites for hydroxylation is 1. The molecule has 1 aromatic rings. The Morgan fingerprint density at radius 3 is 2.85 bits per heavy atom. The zero-order valence-electron chi connectivity index (χ0n) is 16.6. The highest BCUT2D eigenvalue weighted by atomic mass is 16.3. The molecule has 0 bridgehead atoms. The molecule has 0 aliphatic heterocycles. The molecule has 0 spiro atoms. The van der Waals surface area contributed by atoms with Crippen LogP contribution in [0.25, 0.3) is 0 Å². The van der Waals surface area contributed by atoms with Gasteiger partial charge in [-0.15, -0.1) is 0 Å². The second-order valence-corrected chi connectivity index (χ2v) is 9.48. The van der Waals surface area contributed by atoms with E-state index in [0.29, 0.717) is 35.7 Å². The van der Waals surface area contributed by atoms with Gasteiger partial charge in [-0.05, 0) is 87.0 Å². The zero-order valence-corrected chi connectivity index (χ0v) is 16.6. The van der Waals surface area contributed by atoms with Crippen molar-refractivity contribution in [1.82, 2.24) is 5.32 Å². The minimum atomic E-state index is -0.266. The summed E-state index contributed by atoms with van der Waals surface area (Å²) < 4.78 is 0. The van der Waals surface area contributed by atoms with Gasteiger partial charge in [0.05, 0.1) is 0 Å². The molecule has 3 aliphatic carbocycles. The highest BCUT2D eigenvalue weighted by Gasteiger charge is 2.58. The summed E-state index contributed by atoms with van der Waals surface area (Å²) in [5.74, 6) is 1.93. The van der Waals surface area contributed by atoms with Crippen LogP contribution in [0.3, 0.4) is 0 Å². The van der Waals surface area contributed by atoms with Crippen LogP contribution in [0.15, 0.2) is 18.2 Å². The summed E-state index contributed by atoms with van der Waals surface area (Å²) in [5, 5.41) is 12.8. The Hall–Kier alpha value is -1.84. The van der Waals surface area contributed by atoms with E-state index in [1.54, 1.807) is 6.07 Å². The predicted octanol–water partition coefficient (Wildman–Crippen LogP) is 3.96. The van der Waals surface area contributed by atoms with Gasteiger partial charge in [0.25, 0.3) is 0 Å². The van der Waals surface area contributed by atoms with Crippen LogP contribution < -0.4 is 5.32 Å². The van der Waals surface area contributed by atoms with E-state index in [4.69, 9.17) is 0 Å². The van der Waals surface area contributed by atoms with E-state index >= 15 is 0 Å². The van der Waals surface area contributed by atoms with Gasteiger partial charge >= 0.3 is 0 Å². The number of hydrogen-bond donors (Lipinski definition) is 2. The molecule has 3 aliphatic rings. The first-order valence-electron chi connectivity index (χ1n) is 10.4. The fraction of sp³-hybridized carbons (Fsp3) is 0.652. The third-order valence-electron chi connectivity index (χ3n) is 7.45. The Bertz CT molecular complexity index is 771. The third-order valence-corrected chi connectivity index (χ3v) is 7.45. The minimum absolute atomic E-state index is 0.00612. The molecule has 0 saturated heterocycles. The smallest absolute Gasteiger partial charge is 0.220 e. The number of benzene rings is 1. The molecule has 1 amide bonds. The van der Waals surface area contributed by atoms with Crippen molar-refractivity contribution in [2.45, 2.75) is 71.3 Å². The number of nitrogens with one attached hydrogen (secondary N) is 1. The number of amides is 1. The summed E-state index contributed by atoms with van der Waals surface area (Å²) in [5.41, 5.74) is 2.38. The summed E-state index contributed by atoms with van der Waals surface area (Å²) in [6.07, 6.45) is 5.20. The highest BCUT2D eigenvalue weighted by Crippen LogP contribution is 2.61. The van der Waals surface area contributed by atoms with E-state index < -0.39 is 0 Å². The first-order valence-corrected chi connectivity index (χ1v) is 10.4. The molecule has 0 radical (unpaired) electrons. The minimum Gasteiger partial charge on any atom is -0.508 e. The molecule has 5 atom stereocenters. The van der Waals surface area contributed by atoms with Crippen LogP contribution in [0, 0.1) is 23.2 Å². The van der Waals surface area contributed by atoms with Crippen LogP contribution in [0.2, 0.25) is 0 Å². The van der Waals surface area contributed by atoms with Crippen LogP contribution in [-0.4, -0.2) is 22.8 Å². The first-order chi connectivity index (χ1) is 12.8. The molecule has 5 unspecified atom stereocenters. The molecular formula is C23H31NO3. The average molecular weight is 370 g/mol. The number of Topliss-reactive ketones (excluding diaryl/α,β-unsaturated/α-hetero) is 1. The van der Waals surface area contributed by atoms with E-state index in [1.807, 2.05) is 19.9 Å². The molecule has 0 heterocycles. The Labute approximate surface area is 161 Å². The molecule has 2 saturated carbocycles. The van der Waals surface area contributed by atoms with Crippen molar-refractivity contribution >= 4 is 11.7 Å². The van der Waals surface area contributed by atoms with Gasteiger partial charge < -0.3 is 10.4 Å². The number of phenols is 1. The number of phenolic OH excluding ortho intramolecular Hbond substituents is 1. The molecule has 146 valence electrons. The number of carbonyl (C=O) groups excluding carboxylic acids is 2. The van der Waals surface area contributed by atoms with Gasteiger partial charge in [0.2, 0.25) is 5.91 Å². The maximum atomic E-state index is 13.2. The summed E-state index contributed by atoms with van der Waals surface area (Å²) in [6.45, 7) is 6.07. The normalized spacial score (nSPS) is 34.7. The van der Waals surface area contributed by atoms with Crippen molar-refractivity contribution < 1.29 is 14.7 Å². The number of hydrogen-bond acceptors (Lipinski definition) is 3. The Morgan fingerprint density at radius 2 is 2.11 bits per heavy atom. The van der Waals surface area contributed by atoms with Gasteiger partial charge in [-0.25, -0.2) is 0 Å². The van der Waals surface area contributed by atoms with Gasteiger partial charge in [-0.3, -0.25) is 9.59 Å². The van der Waals surface area contributed by atoms with E-state index in [9.17, 15) is 14.7 Å². The fourth-order valence-corrected chi connectivity index (χ4v) is 6.29. The topological polar surface area (TPSA) is 66.4 Å². The summed E-state index contributed by atoms with van der Waals surface area (Å²) in [7, 11) is 0. The van der Waals surface area contributed by atoms with E-state index in [2.05, 4.69) is 18.3 Å². The van der Waals surface area contributed by atoms with Crippen LogP contribution in [-0.2, 0) is 16.0 Å². The van der Waals surface area contributed by atoms with Gasteiger partial charge in [0, 0.05) is 23.8 Å². The molecule has 27 heavy (non-hydrogen) atoms. The largest absolute Gasteiger partial charge is 0.508 e. The molecule has 1 aromatic carbocycles. The molecule has 0 aromatic heterocycles. The highest BCUT2D eigenvalue weighted by molar-refractivity contribution is 5.93. The van der Waals surface area contributed by atoms with Crippen molar-refractivity contribution in [3.63, 3.8) is 0 Å². The molecule has 4 nitrogen and oxygen atoms in total. The number of rotatable bonds is 3. The van der Waals surface area contributed by atoms with Crippen molar-refractivity contribution in [2.24, 2.45) is 23.2 Å². The van der Waals surface area contributed by atoms with Gasteiger partial charge in [-0.1, -0.05) is 13.0 Å². The summed E-state index contributed by atoms with van der Waals surface area (Å²) in [6, 6.07) is 5.92. The Balaban J connectivity index is 1.56. The average Bonchev–Trinajstić information content (AvgIpc) is 2.85. The molecule has 2 fully saturated rings. The van der Waals surface area contributed by atoms with Crippen molar-refractivity contribution in [3.8, 4) is 5.75 Å². The van der Waals surface area contributed by atoms with Gasteiger partial charge in [-0.2, -0.15) is 0 Å². The zero-order chi connectivity index (χ0) is 19.3. The Morgan fingerprint density at radius 1 is 1.33 bits per heavy atom. The van der Waals surface area contributed by atoms with Crippen LogP contribution >= 0.6 is 0 Å². The monoisotopic (exact) mass is 369 g/mol. The van der Waals surface area contributed by atoms with E-state index in [-0.39, 0.29) is 23.3 Å². The van der Waals surface area contributed by atoms with E-state index in [0.717, 1.165) is 32.1 Å². The maximum Gasteiger partial charge on any atom is 0.220 e. The summed E-state index contributed by atoms with van der Waals surface area (Å²) in [4.78, 5) is 25.5. The van der Waals surface area contributed by atoms with E-state index in [1.165, 1.54) is 11.1 Å². The molecule has 4 rings (SSSR count). The first kappa shape index (κ1) is 18.5. The number of carbonyl (C=O) groups is 2. The van der Waals surface area contributed by atoms with Crippen LogP contribution in [0.5, 0.6) is 5.75 Å². The fourth-order valence-electron chi connectivity index (χ4n) is 6.29. The van der Waals surface area contributed by atoms with Crippen molar-refractivity contribution in [1.29, 1.82) is 0 Å². The SMILES string of the molecule is CC(C)NC(=O)CC1CC2C3CCc4cc(O)ccc4C3CCC2(C)C1=O. The molecule has 4 heteroatoms. The lowest BCUT2D eigenvalue weighted by Gasteiger charge is -2.48. The number of ketones is 1. The van der Waals surface area contributed by atoms with Crippen molar-refractivity contribution in [3.05, 3.63) is 29.3 Å². The quantitative estimate of drug-likeness (QED) is 0.847. The van der Waals surface area contributed by atoms with Gasteiger partial charge in [0.1, 0.15) is 11.5 Å².